The normalized spacial score (nSPS) is 36.5. The molecule has 0 aromatic rings. The lowest BCUT2D eigenvalue weighted by Gasteiger charge is -2.61. The molecule has 0 saturated heterocycles. The largest absolute Gasteiger partial charge is 0.481 e. The van der Waals surface area contributed by atoms with Crippen LogP contribution in [0.2, 0.25) is 0 Å². The number of hydrogen-bond donors (Lipinski definition) is 1. The highest BCUT2D eigenvalue weighted by Gasteiger charge is 2.57. The van der Waals surface area contributed by atoms with Gasteiger partial charge in [-0.3, -0.25) is 4.79 Å². The van der Waals surface area contributed by atoms with E-state index >= 15 is 0 Å². The van der Waals surface area contributed by atoms with Crippen LogP contribution >= 0.6 is 0 Å². The quantitative estimate of drug-likeness (QED) is 0.757. The van der Waals surface area contributed by atoms with Crippen LogP contribution in [0, 0.1) is 22.7 Å². The van der Waals surface area contributed by atoms with Crippen molar-refractivity contribution in [1.29, 1.82) is 0 Å². The van der Waals surface area contributed by atoms with Gasteiger partial charge in [0.2, 0.25) is 0 Å². The summed E-state index contributed by atoms with van der Waals surface area (Å²) in [7, 11) is 0. The highest BCUT2D eigenvalue weighted by atomic mass is 16.4. The van der Waals surface area contributed by atoms with Gasteiger partial charge in [0, 0.05) is 5.41 Å². The van der Waals surface area contributed by atoms with Crippen LogP contribution in [0.5, 0.6) is 0 Å². The Morgan fingerprint density at radius 3 is 2.59 bits per heavy atom. The zero-order chi connectivity index (χ0) is 12.3. The van der Waals surface area contributed by atoms with E-state index in [0.29, 0.717) is 17.8 Å². The van der Waals surface area contributed by atoms with E-state index in [9.17, 15) is 4.79 Å². The van der Waals surface area contributed by atoms with E-state index in [1.807, 2.05) is 0 Å². The SMILES string of the molecule is CC1(C)C2CC=C(C3(CC(=O)O)CCC3)C1C2. The van der Waals surface area contributed by atoms with Crippen molar-refractivity contribution in [2.24, 2.45) is 22.7 Å². The van der Waals surface area contributed by atoms with Gasteiger partial charge >= 0.3 is 5.97 Å². The molecule has 0 aromatic heterocycles. The molecule has 2 unspecified atom stereocenters. The number of allylic oxidation sites excluding steroid dienone is 2. The molecule has 2 nitrogen and oxygen atoms in total. The Kier molecular flexibility index (Phi) is 2.24. The van der Waals surface area contributed by atoms with Crippen LogP contribution in [-0.2, 0) is 4.79 Å². The third-order valence-electron chi connectivity index (χ3n) is 5.88. The minimum absolute atomic E-state index is 0.0408. The van der Waals surface area contributed by atoms with Crippen LogP contribution in [0.1, 0.15) is 52.4 Å². The zero-order valence-corrected chi connectivity index (χ0v) is 10.8. The maximum atomic E-state index is 11.1. The van der Waals surface area contributed by atoms with E-state index in [0.717, 1.165) is 18.8 Å². The molecular formula is C15H22O2. The van der Waals surface area contributed by atoms with Gasteiger partial charge in [-0.05, 0) is 42.9 Å². The molecule has 2 heteroatoms. The molecule has 2 saturated carbocycles. The smallest absolute Gasteiger partial charge is 0.304 e. The van der Waals surface area contributed by atoms with E-state index in [2.05, 4.69) is 19.9 Å². The van der Waals surface area contributed by atoms with E-state index in [4.69, 9.17) is 5.11 Å². The molecule has 2 bridgehead atoms. The zero-order valence-electron chi connectivity index (χ0n) is 10.8. The minimum Gasteiger partial charge on any atom is -0.481 e. The van der Waals surface area contributed by atoms with Gasteiger partial charge in [0.25, 0.3) is 0 Å². The Morgan fingerprint density at radius 2 is 2.18 bits per heavy atom. The average Bonchev–Trinajstić information content (AvgIpc) is 2.23. The molecule has 4 aliphatic rings. The van der Waals surface area contributed by atoms with Crippen molar-refractivity contribution in [3.8, 4) is 0 Å². The number of hydrogen-bond acceptors (Lipinski definition) is 1. The lowest BCUT2D eigenvalue weighted by molar-refractivity contribution is -0.141. The molecule has 0 spiro atoms. The first kappa shape index (κ1) is 11.3. The maximum absolute atomic E-state index is 11.1. The summed E-state index contributed by atoms with van der Waals surface area (Å²) in [6.45, 7) is 4.73. The maximum Gasteiger partial charge on any atom is 0.304 e. The Balaban J connectivity index is 1.88. The highest BCUT2D eigenvalue weighted by molar-refractivity contribution is 5.69. The lowest BCUT2D eigenvalue weighted by Crippen LogP contribution is -2.52. The molecule has 94 valence electrons. The average molecular weight is 234 g/mol. The van der Waals surface area contributed by atoms with Crippen molar-refractivity contribution >= 4 is 5.97 Å². The van der Waals surface area contributed by atoms with E-state index in [1.54, 1.807) is 0 Å². The van der Waals surface area contributed by atoms with Gasteiger partial charge in [0.05, 0.1) is 6.42 Å². The number of carboxylic acids is 1. The summed E-state index contributed by atoms with van der Waals surface area (Å²) in [5, 5.41) is 9.15. The molecule has 0 aromatic carbocycles. The van der Waals surface area contributed by atoms with Gasteiger partial charge in [-0.1, -0.05) is 31.9 Å². The highest BCUT2D eigenvalue weighted by Crippen LogP contribution is 2.66. The third-order valence-corrected chi connectivity index (χ3v) is 5.88. The number of aliphatic carboxylic acids is 1. The summed E-state index contributed by atoms with van der Waals surface area (Å²) in [6.07, 6.45) is 8.65. The predicted molar refractivity (Wildman–Crippen MR) is 66.6 cm³/mol. The predicted octanol–water partition coefficient (Wildman–Crippen LogP) is 3.62. The van der Waals surface area contributed by atoms with Crippen molar-refractivity contribution in [3.63, 3.8) is 0 Å². The molecular weight excluding hydrogens is 212 g/mol. The van der Waals surface area contributed by atoms with Gasteiger partial charge in [0.15, 0.2) is 0 Å². The van der Waals surface area contributed by atoms with Gasteiger partial charge < -0.3 is 5.11 Å². The first-order chi connectivity index (χ1) is 7.96. The second-order valence-electron chi connectivity index (χ2n) is 6.91. The summed E-state index contributed by atoms with van der Waals surface area (Å²) in [6, 6.07) is 0. The van der Waals surface area contributed by atoms with Crippen molar-refractivity contribution in [3.05, 3.63) is 11.6 Å². The number of fused-ring (bicyclic) bond motifs is 1. The van der Waals surface area contributed by atoms with Crippen molar-refractivity contribution in [1.82, 2.24) is 0 Å². The Bertz CT molecular complexity index is 388. The Morgan fingerprint density at radius 1 is 1.47 bits per heavy atom. The number of carboxylic acid groups (broad SMARTS) is 1. The van der Waals surface area contributed by atoms with Crippen LogP contribution < -0.4 is 0 Å². The minimum atomic E-state index is -0.621. The molecule has 0 aliphatic heterocycles. The number of carbonyl (C=O) groups is 1. The van der Waals surface area contributed by atoms with E-state index in [1.165, 1.54) is 24.8 Å². The van der Waals surface area contributed by atoms with Gasteiger partial charge in [-0.15, -0.1) is 0 Å². The summed E-state index contributed by atoms with van der Waals surface area (Å²) >= 11 is 0. The van der Waals surface area contributed by atoms with E-state index < -0.39 is 5.97 Å². The molecule has 0 radical (unpaired) electrons. The van der Waals surface area contributed by atoms with Crippen LogP contribution in [0.4, 0.5) is 0 Å². The fourth-order valence-corrected chi connectivity index (χ4v) is 4.40. The van der Waals surface area contributed by atoms with Crippen LogP contribution in [0.15, 0.2) is 11.6 Å². The van der Waals surface area contributed by atoms with Crippen LogP contribution in [-0.4, -0.2) is 11.1 Å². The van der Waals surface area contributed by atoms with Crippen molar-refractivity contribution in [2.75, 3.05) is 0 Å². The van der Waals surface area contributed by atoms with Crippen molar-refractivity contribution in [2.45, 2.75) is 52.4 Å². The molecule has 2 fully saturated rings. The monoisotopic (exact) mass is 234 g/mol. The molecule has 4 rings (SSSR count). The van der Waals surface area contributed by atoms with Crippen LogP contribution in [0.25, 0.3) is 0 Å². The molecule has 0 heterocycles. The first-order valence-electron chi connectivity index (χ1n) is 6.88. The standard InChI is InChI=1S/C15H22O2/c1-14(2)10-4-5-11(12(14)8-10)15(6-3-7-15)9-13(16)17/h5,10,12H,3-4,6-9H2,1-2H3,(H,16,17). The van der Waals surface area contributed by atoms with Crippen LogP contribution in [0.3, 0.4) is 0 Å². The summed E-state index contributed by atoms with van der Waals surface area (Å²) in [5.74, 6) is 0.893. The third kappa shape index (κ3) is 1.42. The summed E-state index contributed by atoms with van der Waals surface area (Å²) in [5.41, 5.74) is 1.98. The summed E-state index contributed by atoms with van der Waals surface area (Å²) < 4.78 is 0. The summed E-state index contributed by atoms with van der Waals surface area (Å²) in [4.78, 5) is 11.1. The first-order valence-corrected chi connectivity index (χ1v) is 6.88. The van der Waals surface area contributed by atoms with Gasteiger partial charge in [-0.25, -0.2) is 0 Å². The van der Waals surface area contributed by atoms with Crippen molar-refractivity contribution < 1.29 is 9.90 Å². The van der Waals surface area contributed by atoms with E-state index in [-0.39, 0.29) is 5.41 Å². The fraction of sp³-hybridized carbons (Fsp3) is 0.800. The Labute approximate surface area is 103 Å². The Hall–Kier alpha value is -0.790. The van der Waals surface area contributed by atoms with Gasteiger partial charge in [-0.2, -0.15) is 0 Å². The molecule has 2 atom stereocenters. The van der Waals surface area contributed by atoms with Gasteiger partial charge in [0.1, 0.15) is 0 Å². The second-order valence-corrected chi connectivity index (χ2v) is 6.91. The topological polar surface area (TPSA) is 37.3 Å². The molecule has 4 aliphatic carbocycles. The molecule has 1 N–H and O–H groups in total. The second kappa shape index (κ2) is 3.37. The molecule has 17 heavy (non-hydrogen) atoms. The number of rotatable bonds is 3. The fourth-order valence-electron chi connectivity index (χ4n) is 4.40. The lowest BCUT2D eigenvalue weighted by atomic mass is 9.43. The molecule has 0 amide bonds.